The van der Waals surface area contributed by atoms with Crippen molar-refractivity contribution in [2.75, 3.05) is 13.2 Å². The maximum absolute atomic E-state index is 6.19. The first kappa shape index (κ1) is 11.6. The van der Waals surface area contributed by atoms with Crippen LogP contribution in [-0.4, -0.2) is 13.2 Å². The van der Waals surface area contributed by atoms with Gasteiger partial charge in [0.15, 0.2) is 0 Å². The summed E-state index contributed by atoms with van der Waals surface area (Å²) < 4.78 is 6.19. The lowest BCUT2D eigenvalue weighted by molar-refractivity contribution is 0.0276. The normalized spacial score (nSPS) is 82.4. The largest absolute Gasteiger partial charge is 0.381 e. The Morgan fingerprint density at radius 1 is 0.565 bits per heavy atom. The lowest BCUT2D eigenvalue weighted by Gasteiger charge is -2.41. The Hall–Kier alpha value is -0.0400. The van der Waals surface area contributed by atoms with Gasteiger partial charge >= 0.3 is 0 Å². The van der Waals surface area contributed by atoms with E-state index in [9.17, 15) is 0 Å². The summed E-state index contributed by atoms with van der Waals surface area (Å²) >= 11 is 0. The molecule has 0 aromatic carbocycles. The Bertz CT molecular complexity index is 600. The molecule has 8 aliphatic carbocycles. The molecular formula is C22H28O. The van der Waals surface area contributed by atoms with E-state index in [0.29, 0.717) is 5.41 Å². The first-order chi connectivity index (χ1) is 11.4. The number of hydrogen-bond acceptors (Lipinski definition) is 1. The Morgan fingerprint density at radius 3 is 1.65 bits per heavy atom. The molecule has 9 aliphatic rings. The molecule has 1 spiro atoms. The molecule has 1 nitrogen and oxygen atoms in total. The molecule has 0 aromatic rings. The van der Waals surface area contributed by atoms with Gasteiger partial charge in [-0.2, -0.15) is 0 Å². The molecule has 1 saturated heterocycles. The van der Waals surface area contributed by atoms with Crippen LogP contribution >= 0.6 is 0 Å². The molecule has 23 heavy (non-hydrogen) atoms. The van der Waals surface area contributed by atoms with E-state index < -0.39 is 0 Å². The van der Waals surface area contributed by atoms with Gasteiger partial charge in [0.05, 0.1) is 6.61 Å². The Morgan fingerprint density at radius 2 is 1.09 bits per heavy atom. The van der Waals surface area contributed by atoms with E-state index in [1.165, 1.54) is 72.2 Å². The molecular weight excluding hydrogens is 280 g/mol. The van der Waals surface area contributed by atoms with Crippen LogP contribution in [0.25, 0.3) is 0 Å². The highest BCUT2D eigenvalue weighted by atomic mass is 16.5. The van der Waals surface area contributed by atoms with Crippen LogP contribution in [-0.2, 0) is 4.74 Å². The summed E-state index contributed by atoms with van der Waals surface area (Å²) in [7, 11) is 0. The molecule has 1 aliphatic heterocycles. The molecule has 122 valence electrons. The smallest absolute Gasteiger partial charge is 0.0529 e. The molecule has 1 heterocycles. The van der Waals surface area contributed by atoms with Gasteiger partial charge in [0.2, 0.25) is 0 Å². The van der Waals surface area contributed by atoms with Gasteiger partial charge in [0.25, 0.3) is 0 Å². The minimum absolute atomic E-state index is 0.684. The van der Waals surface area contributed by atoms with Crippen LogP contribution in [0.1, 0.15) is 32.1 Å². The number of fused-ring (bicyclic) bond motifs is 6. The zero-order valence-electron chi connectivity index (χ0n) is 13.9. The third-order valence-electron chi connectivity index (χ3n) is 12.4. The third kappa shape index (κ3) is 0.825. The Labute approximate surface area is 138 Å². The standard InChI is InChI=1S/C22H28O/c1-3-10-13-8(1)12-9-2-4-11-14(9)17-15(12)16(13)18-19(17)21(11)22(20(10)18)5-6-23-7-22/h8-21H,1-7H2/t8-,9+,10-,11-,12?,13+,14-,15?,16+,17-,18-,19-,20-,21+,22?/m1/s1. The predicted molar refractivity (Wildman–Crippen MR) is 85.2 cm³/mol. The second kappa shape index (κ2) is 3.08. The average molecular weight is 308 g/mol. The first-order valence-corrected chi connectivity index (χ1v) is 11.0. The van der Waals surface area contributed by atoms with E-state index in [-0.39, 0.29) is 0 Å². The molecule has 0 amide bonds. The molecule has 1 heteroatoms. The van der Waals surface area contributed by atoms with E-state index >= 15 is 0 Å². The maximum atomic E-state index is 6.19. The molecule has 0 N–H and O–H groups in total. The lowest BCUT2D eigenvalue weighted by atomic mass is 9.62. The summed E-state index contributed by atoms with van der Waals surface area (Å²) in [5.41, 5.74) is 0.684. The zero-order valence-corrected chi connectivity index (χ0v) is 13.9. The van der Waals surface area contributed by atoms with E-state index in [4.69, 9.17) is 4.74 Å². The minimum Gasteiger partial charge on any atom is -0.381 e. The fourth-order valence-corrected chi connectivity index (χ4v) is 13.3. The highest BCUT2D eigenvalue weighted by Crippen LogP contribution is 2.91. The van der Waals surface area contributed by atoms with Crippen LogP contribution in [0, 0.1) is 88.3 Å². The Kier molecular flexibility index (Phi) is 1.55. The van der Waals surface area contributed by atoms with Crippen molar-refractivity contribution in [3.05, 3.63) is 0 Å². The van der Waals surface area contributed by atoms with Crippen molar-refractivity contribution < 1.29 is 4.74 Å². The fourth-order valence-electron chi connectivity index (χ4n) is 13.3. The molecule has 9 fully saturated rings. The van der Waals surface area contributed by atoms with Crippen LogP contribution in [0.3, 0.4) is 0 Å². The molecule has 15 atom stereocenters. The fraction of sp³-hybridized carbons (Fsp3) is 1.00. The minimum atomic E-state index is 0.684. The summed E-state index contributed by atoms with van der Waals surface area (Å²) in [6.07, 6.45) is 8.01. The van der Waals surface area contributed by atoms with Crippen LogP contribution in [0.15, 0.2) is 0 Å². The number of rotatable bonds is 0. The maximum Gasteiger partial charge on any atom is 0.0529 e. The monoisotopic (exact) mass is 308 g/mol. The van der Waals surface area contributed by atoms with E-state index in [2.05, 4.69) is 0 Å². The van der Waals surface area contributed by atoms with Gasteiger partial charge in [-0.1, -0.05) is 0 Å². The second-order valence-electron chi connectivity index (χ2n) is 11.5. The summed E-state index contributed by atoms with van der Waals surface area (Å²) in [4.78, 5) is 0. The van der Waals surface area contributed by atoms with E-state index in [0.717, 1.165) is 30.3 Å². The lowest BCUT2D eigenvalue weighted by Crippen LogP contribution is -2.40. The van der Waals surface area contributed by atoms with Gasteiger partial charge in [-0.3, -0.25) is 0 Å². The SMILES string of the molecule is C1CC2(CO1)[C@@H]1[C@@H]3CC[C@@H]4C5C6[C@@H]7[C@H]([C@H]1[C@H]6[C@H]34)[C@@H]2[C@@H]1CC[C@@H]5[C@H]17. The molecule has 3 unspecified atom stereocenters. The third-order valence-corrected chi connectivity index (χ3v) is 12.4. The van der Waals surface area contributed by atoms with Crippen molar-refractivity contribution in [3.63, 3.8) is 0 Å². The van der Waals surface area contributed by atoms with Gasteiger partial charge in [0.1, 0.15) is 0 Å². The van der Waals surface area contributed by atoms with Crippen LogP contribution in [0.4, 0.5) is 0 Å². The van der Waals surface area contributed by atoms with Gasteiger partial charge < -0.3 is 4.74 Å². The van der Waals surface area contributed by atoms with E-state index in [1.54, 1.807) is 25.7 Å². The first-order valence-electron chi connectivity index (χ1n) is 11.0. The van der Waals surface area contributed by atoms with Crippen molar-refractivity contribution in [1.29, 1.82) is 0 Å². The van der Waals surface area contributed by atoms with Crippen LogP contribution in [0.2, 0.25) is 0 Å². The van der Waals surface area contributed by atoms with Gasteiger partial charge in [-0.05, 0) is 115 Å². The van der Waals surface area contributed by atoms with Crippen LogP contribution in [0.5, 0.6) is 0 Å². The van der Waals surface area contributed by atoms with Gasteiger partial charge in [0, 0.05) is 12.0 Å². The summed E-state index contributed by atoms with van der Waals surface area (Å²) in [5, 5.41) is 0. The van der Waals surface area contributed by atoms with Gasteiger partial charge in [-0.15, -0.1) is 0 Å². The summed E-state index contributed by atoms with van der Waals surface area (Å²) in [5.74, 6) is 16.7. The van der Waals surface area contributed by atoms with E-state index in [1.807, 2.05) is 0 Å². The molecule has 8 saturated carbocycles. The highest BCUT2D eigenvalue weighted by Gasteiger charge is 2.87. The molecule has 9 rings (SSSR count). The summed E-state index contributed by atoms with van der Waals surface area (Å²) in [6, 6.07) is 0. The van der Waals surface area contributed by atoms with Crippen molar-refractivity contribution in [2.45, 2.75) is 32.1 Å². The van der Waals surface area contributed by atoms with Crippen molar-refractivity contribution in [2.24, 2.45) is 88.3 Å². The van der Waals surface area contributed by atoms with Crippen LogP contribution < -0.4 is 0 Å². The van der Waals surface area contributed by atoms with Crippen molar-refractivity contribution in [3.8, 4) is 0 Å². The second-order valence-corrected chi connectivity index (χ2v) is 11.5. The van der Waals surface area contributed by atoms with Crippen molar-refractivity contribution in [1.82, 2.24) is 0 Å². The quantitative estimate of drug-likeness (QED) is 0.663. The van der Waals surface area contributed by atoms with Crippen molar-refractivity contribution >= 4 is 0 Å². The van der Waals surface area contributed by atoms with Gasteiger partial charge in [-0.25, -0.2) is 0 Å². The molecule has 0 radical (unpaired) electrons. The number of hydrogen-bond donors (Lipinski definition) is 0. The zero-order chi connectivity index (χ0) is 14.2. The molecule has 0 aromatic heterocycles. The average Bonchev–Trinajstić information content (AvgIpc) is 3.33. The number of ether oxygens (including phenoxy) is 1. The highest BCUT2D eigenvalue weighted by molar-refractivity contribution is 5.34. The predicted octanol–water partition coefficient (Wildman–Crippen LogP) is 3.69. The Balaban J connectivity index is 1.40. The summed E-state index contributed by atoms with van der Waals surface area (Å²) in [6.45, 7) is 2.29. The topological polar surface area (TPSA) is 9.23 Å². The molecule has 0 bridgehead atoms.